The molecule has 0 atom stereocenters. The molecule has 0 bridgehead atoms. The van der Waals surface area contributed by atoms with Crippen LogP contribution >= 0.6 is 11.8 Å². The first kappa shape index (κ1) is 9.48. The second-order valence-corrected chi connectivity index (χ2v) is 3.44. The molecule has 66 valence electrons. The average molecular weight is 183 g/mol. The molecule has 1 heterocycles. The monoisotopic (exact) mass is 183 g/mol. The van der Waals surface area contributed by atoms with Crippen LogP contribution in [0.1, 0.15) is 12.8 Å². The molecule has 1 aromatic rings. The quantitative estimate of drug-likeness (QED) is 0.425. The fourth-order valence-corrected chi connectivity index (χ4v) is 1.57. The van der Waals surface area contributed by atoms with Crippen LogP contribution in [0.5, 0.6) is 0 Å². The summed E-state index contributed by atoms with van der Waals surface area (Å²) in [5.74, 6) is 1.06. The SMILES string of the molecule is NCCCCSc1ncccn1. The molecule has 1 rings (SSSR count). The van der Waals surface area contributed by atoms with Crippen molar-refractivity contribution in [2.75, 3.05) is 12.3 Å². The highest BCUT2D eigenvalue weighted by Crippen LogP contribution is 2.12. The van der Waals surface area contributed by atoms with Crippen molar-refractivity contribution in [1.82, 2.24) is 9.97 Å². The minimum atomic E-state index is 0.774. The number of thioether (sulfide) groups is 1. The molecule has 0 fully saturated rings. The number of hydrogen-bond acceptors (Lipinski definition) is 4. The van der Waals surface area contributed by atoms with Crippen molar-refractivity contribution < 1.29 is 0 Å². The minimum Gasteiger partial charge on any atom is -0.330 e. The number of nitrogens with two attached hydrogens (primary N) is 1. The van der Waals surface area contributed by atoms with Gasteiger partial charge in [-0.05, 0) is 25.5 Å². The topological polar surface area (TPSA) is 51.8 Å². The van der Waals surface area contributed by atoms with Crippen molar-refractivity contribution in [2.24, 2.45) is 5.73 Å². The van der Waals surface area contributed by atoms with E-state index in [1.807, 2.05) is 6.07 Å². The third-order valence-corrected chi connectivity index (χ3v) is 2.33. The molecular weight excluding hydrogens is 170 g/mol. The van der Waals surface area contributed by atoms with E-state index in [9.17, 15) is 0 Å². The first-order valence-electron chi connectivity index (χ1n) is 4.03. The van der Waals surface area contributed by atoms with Crippen LogP contribution < -0.4 is 5.73 Å². The normalized spacial score (nSPS) is 10.1. The standard InChI is InChI=1S/C8H13N3S/c9-4-1-2-7-12-8-10-5-3-6-11-8/h3,5-6H,1-2,4,7,9H2. The summed E-state index contributed by atoms with van der Waals surface area (Å²) in [5, 5.41) is 0.856. The van der Waals surface area contributed by atoms with E-state index in [0.29, 0.717) is 0 Å². The smallest absolute Gasteiger partial charge is 0.187 e. The highest BCUT2D eigenvalue weighted by atomic mass is 32.2. The third-order valence-electron chi connectivity index (χ3n) is 1.37. The lowest BCUT2D eigenvalue weighted by atomic mass is 10.3. The predicted octanol–water partition coefficient (Wildman–Crippen LogP) is 1.31. The fourth-order valence-electron chi connectivity index (χ4n) is 0.770. The Morgan fingerprint density at radius 3 is 2.67 bits per heavy atom. The summed E-state index contributed by atoms with van der Waals surface area (Å²) in [6.45, 7) is 0.774. The molecule has 0 aliphatic heterocycles. The zero-order valence-corrected chi connectivity index (χ0v) is 7.76. The third kappa shape index (κ3) is 3.69. The van der Waals surface area contributed by atoms with Crippen LogP contribution in [-0.2, 0) is 0 Å². The van der Waals surface area contributed by atoms with Crippen molar-refractivity contribution in [1.29, 1.82) is 0 Å². The van der Waals surface area contributed by atoms with Gasteiger partial charge in [0.15, 0.2) is 5.16 Å². The molecule has 0 unspecified atom stereocenters. The molecule has 0 aliphatic carbocycles. The summed E-state index contributed by atoms with van der Waals surface area (Å²) < 4.78 is 0. The number of aromatic nitrogens is 2. The Labute approximate surface area is 76.8 Å². The predicted molar refractivity (Wildman–Crippen MR) is 51.0 cm³/mol. The summed E-state index contributed by atoms with van der Waals surface area (Å²) >= 11 is 1.68. The lowest BCUT2D eigenvalue weighted by Gasteiger charge is -1.97. The zero-order valence-electron chi connectivity index (χ0n) is 6.94. The van der Waals surface area contributed by atoms with Crippen molar-refractivity contribution in [3.05, 3.63) is 18.5 Å². The van der Waals surface area contributed by atoms with Gasteiger partial charge in [0.1, 0.15) is 0 Å². The lowest BCUT2D eigenvalue weighted by molar-refractivity contribution is 0.812. The maximum Gasteiger partial charge on any atom is 0.187 e. The molecule has 0 saturated carbocycles. The molecule has 0 aliphatic rings. The van der Waals surface area contributed by atoms with E-state index in [2.05, 4.69) is 9.97 Å². The van der Waals surface area contributed by atoms with E-state index in [1.165, 1.54) is 0 Å². The Kier molecular flexibility index (Phi) is 4.71. The van der Waals surface area contributed by atoms with Crippen LogP contribution in [0, 0.1) is 0 Å². The van der Waals surface area contributed by atoms with Crippen LogP contribution in [0.2, 0.25) is 0 Å². The summed E-state index contributed by atoms with van der Waals surface area (Å²) in [7, 11) is 0. The van der Waals surface area contributed by atoms with Gasteiger partial charge in [0.25, 0.3) is 0 Å². The van der Waals surface area contributed by atoms with Gasteiger partial charge in [-0.25, -0.2) is 9.97 Å². The molecule has 4 heteroatoms. The van der Waals surface area contributed by atoms with Gasteiger partial charge < -0.3 is 5.73 Å². The highest BCUT2D eigenvalue weighted by molar-refractivity contribution is 7.99. The molecule has 0 spiro atoms. The van der Waals surface area contributed by atoms with E-state index >= 15 is 0 Å². The van der Waals surface area contributed by atoms with E-state index < -0.39 is 0 Å². The molecule has 2 N–H and O–H groups in total. The Morgan fingerprint density at radius 1 is 1.25 bits per heavy atom. The second-order valence-electron chi connectivity index (χ2n) is 2.38. The molecule has 3 nitrogen and oxygen atoms in total. The molecule has 0 saturated heterocycles. The lowest BCUT2D eigenvalue weighted by Crippen LogP contribution is -1.98. The number of unbranched alkanes of at least 4 members (excludes halogenated alkanes) is 1. The van der Waals surface area contributed by atoms with Gasteiger partial charge in [0.2, 0.25) is 0 Å². The van der Waals surface area contributed by atoms with Crippen molar-refractivity contribution in [3.8, 4) is 0 Å². The molecule has 0 radical (unpaired) electrons. The van der Waals surface area contributed by atoms with Gasteiger partial charge in [0.05, 0.1) is 0 Å². The summed E-state index contributed by atoms with van der Waals surface area (Å²) in [4.78, 5) is 8.19. The van der Waals surface area contributed by atoms with E-state index in [0.717, 1.165) is 30.3 Å². The van der Waals surface area contributed by atoms with Gasteiger partial charge in [-0.1, -0.05) is 11.8 Å². The average Bonchev–Trinajstić information content (AvgIpc) is 2.14. The summed E-state index contributed by atoms with van der Waals surface area (Å²) in [6, 6.07) is 1.82. The minimum absolute atomic E-state index is 0.774. The number of nitrogens with zero attached hydrogens (tertiary/aromatic N) is 2. The van der Waals surface area contributed by atoms with Crippen LogP contribution in [0.25, 0.3) is 0 Å². The molecular formula is C8H13N3S. The van der Waals surface area contributed by atoms with Crippen LogP contribution in [-0.4, -0.2) is 22.3 Å². The van der Waals surface area contributed by atoms with E-state index in [4.69, 9.17) is 5.73 Å². The highest BCUT2D eigenvalue weighted by Gasteiger charge is 1.93. The maximum atomic E-state index is 5.37. The van der Waals surface area contributed by atoms with Gasteiger partial charge in [-0.3, -0.25) is 0 Å². The van der Waals surface area contributed by atoms with Gasteiger partial charge in [0, 0.05) is 18.1 Å². The summed E-state index contributed by atoms with van der Waals surface area (Å²) in [6.07, 6.45) is 5.75. The Hall–Kier alpha value is -0.610. The van der Waals surface area contributed by atoms with Gasteiger partial charge in [-0.2, -0.15) is 0 Å². The van der Waals surface area contributed by atoms with Gasteiger partial charge in [-0.15, -0.1) is 0 Å². The maximum absolute atomic E-state index is 5.37. The van der Waals surface area contributed by atoms with Crippen LogP contribution in [0.15, 0.2) is 23.6 Å². The summed E-state index contributed by atoms with van der Waals surface area (Å²) in [5.41, 5.74) is 5.37. The Morgan fingerprint density at radius 2 is 2.00 bits per heavy atom. The molecule has 12 heavy (non-hydrogen) atoms. The van der Waals surface area contributed by atoms with Gasteiger partial charge >= 0.3 is 0 Å². The van der Waals surface area contributed by atoms with Crippen LogP contribution in [0.4, 0.5) is 0 Å². The van der Waals surface area contributed by atoms with Crippen molar-refractivity contribution in [2.45, 2.75) is 18.0 Å². The zero-order chi connectivity index (χ0) is 8.65. The van der Waals surface area contributed by atoms with Crippen molar-refractivity contribution >= 4 is 11.8 Å². The molecule has 1 aromatic heterocycles. The first-order valence-corrected chi connectivity index (χ1v) is 5.02. The largest absolute Gasteiger partial charge is 0.330 e. The molecule has 0 amide bonds. The fraction of sp³-hybridized carbons (Fsp3) is 0.500. The Bertz CT molecular complexity index is 203. The number of hydrogen-bond donors (Lipinski definition) is 1. The Balaban J connectivity index is 2.16. The van der Waals surface area contributed by atoms with Crippen molar-refractivity contribution in [3.63, 3.8) is 0 Å². The second kappa shape index (κ2) is 5.97. The number of rotatable bonds is 5. The van der Waals surface area contributed by atoms with E-state index in [1.54, 1.807) is 24.2 Å². The molecule has 0 aromatic carbocycles. The first-order chi connectivity index (χ1) is 5.93. The van der Waals surface area contributed by atoms with Crippen LogP contribution in [0.3, 0.4) is 0 Å². The van der Waals surface area contributed by atoms with E-state index in [-0.39, 0.29) is 0 Å².